The predicted molar refractivity (Wildman–Crippen MR) is 124 cm³/mol. The van der Waals surface area contributed by atoms with Crippen LogP contribution < -0.4 is 5.32 Å². The molecule has 170 valence electrons. The molecule has 0 saturated carbocycles. The van der Waals surface area contributed by atoms with E-state index in [2.05, 4.69) is 39.6 Å². The first-order valence-corrected chi connectivity index (χ1v) is 11.9. The molecule has 33 heavy (non-hydrogen) atoms. The lowest BCUT2D eigenvalue weighted by Crippen LogP contribution is -2.11. The highest BCUT2D eigenvalue weighted by Gasteiger charge is 2.19. The number of aromatic nitrogens is 5. The van der Waals surface area contributed by atoms with Crippen molar-refractivity contribution in [3.05, 3.63) is 70.2 Å². The molecule has 0 unspecified atom stereocenters. The van der Waals surface area contributed by atoms with Crippen molar-refractivity contribution in [3.63, 3.8) is 0 Å². The lowest BCUT2D eigenvalue weighted by atomic mass is 10.2. The Bertz CT molecular complexity index is 1260. The molecule has 0 aliphatic heterocycles. The molecule has 2 aromatic heterocycles. The van der Waals surface area contributed by atoms with Crippen molar-refractivity contribution >= 4 is 34.7 Å². The van der Waals surface area contributed by atoms with Crippen LogP contribution in [0.3, 0.4) is 0 Å². The van der Waals surface area contributed by atoms with E-state index < -0.39 is 5.91 Å². The molecule has 1 amide bonds. The zero-order valence-corrected chi connectivity index (χ0v) is 19.5. The van der Waals surface area contributed by atoms with Gasteiger partial charge in [-0.3, -0.25) is 4.79 Å². The van der Waals surface area contributed by atoms with Gasteiger partial charge in [0.05, 0.1) is 11.3 Å². The Morgan fingerprint density at radius 3 is 2.55 bits per heavy atom. The van der Waals surface area contributed by atoms with E-state index in [1.165, 1.54) is 42.1 Å². The van der Waals surface area contributed by atoms with Gasteiger partial charge in [0, 0.05) is 12.2 Å². The van der Waals surface area contributed by atoms with Crippen LogP contribution in [0.2, 0.25) is 0 Å². The third kappa shape index (κ3) is 5.60. The zero-order chi connectivity index (χ0) is 23.4. The van der Waals surface area contributed by atoms with Crippen LogP contribution in [0.1, 0.15) is 28.7 Å². The van der Waals surface area contributed by atoms with E-state index in [-0.39, 0.29) is 16.6 Å². The predicted octanol–water partition coefficient (Wildman–Crippen LogP) is 5.28. The van der Waals surface area contributed by atoms with Crippen molar-refractivity contribution in [2.45, 2.75) is 31.3 Å². The van der Waals surface area contributed by atoms with Crippen LogP contribution in [0.5, 0.6) is 0 Å². The Kier molecular flexibility index (Phi) is 7.09. The van der Waals surface area contributed by atoms with Crippen molar-refractivity contribution in [2.75, 3.05) is 5.32 Å². The van der Waals surface area contributed by atoms with Gasteiger partial charge in [-0.2, -0.15) is 0 Å². The SMILES string of the molecule is CC(C)Cn1c(SCc2nnc(C(=O)Nc3ccc(F)cc3)s2)nnc1-c1ccccc1F. The molecule has 11 heteroatoms. The number of carbonyl (C=O) groups is 1. The first-order valence-electron chi connectivity index (χ1n) is 10.1. The second kappa shape index (κ2) is 10.2. The minimum atomic E-state index is -0.417. The quantitative estimate of drug-likeness (QED) is 0.341. The first kappa shape index (κ1) is 23.0. The normalized spacial score (nSPS) is 11.2. The fourth-order valence-electron chi connectivity index (χ4n) is 3.01. The van der Waals surface area contributed by atoms with Crippen LogP contribution in [0, 0.1) is 17.6 Å². The van der Waals surface area contributed by atoms with E-state index in [4.69, 9.17) is 0 Å². The third-order valence-corrected chi connectivity index (χ3v) is 6.55. The van der Waals surface area contributed by atoms with Crippen LogP contribution in [-0.4, -0.2) is 30.9 Å². The standard InChI is InChI=1S/C22H20F2N6OS2/c1-13(2)11-30-19(16-5-3-4-6-17(16)24)27-29-22(30)32-12-18-26-28-21(33-18)20(31)25-15-9-7-14(23)8-10-15/h3-10,13H,11-12H2,1-2H3,(H,25,31). The molecule has 7 nitrogen and oxygen atoms in total. The monoisotopic (exact) mass is 486 g/mol. The maximum Gasteiger partial charge on any atom is 0.286 e. The van der Waals surface area contributed by atoms with E-state index in [1.807, 2.05) is 4.57 Å². The fraction of sp³-hybridized carbons (Fsp3) is 0.227. The Morgan fingerprint density at radius 1 is 1.06 bits per heavy atom. The van der Waals surface area contributed by atoms with Gasteiger partial charge in [0.1, 0.15) is 16.6 Å². The number of halogens is 2. The van der Waals surface area contributed by atoms with Gasteiger partial charge in [0.25, 0.3) is 5.91 Å². The van der Waals surface area contributed by atoms with Gasteiger partial charge in [0.2, 0.25) is 5.01 Å². The minimum Gasteiger partial charge on any atom is -0.320 e. The van der Waals surface area contributed by atoms with E-state index >= 15 is 0 Å². The molecule has 0 spiro atoms. The number of thioether (sulfide) groups is 1. The number of hydrogen-bond donors (Lipinski definition) is 1. The van der Waals surface area contributed by atoms with Crippen LogP contribution >= 0.6 is 23.1 Å². The topological polar surface area (TPSA) is 85.6 Å². The number of amides is 1. The second-order valence-electron chi connectivity index (χ2n) is 7.54. The van der Waals surface area contributed by atoms with Gasteiger partial charge in [-0.1, -0.05) is 49.1 Å². The molecule has 4 aromatic rings. The Labute approximate surface area is 197 Å². The van der Waals surface area contributed by atoms with E-state index in [0.29, 0.717) is 45.5 Å². The molecule has 4 rings (SSSR count). The van der Waals surface area contributed by atoms with Crippen LogP contribution in [-0.2, 0) is 12.3 Å². The summed E-state index contributed by atoms with van der Waals surface area (Å²) in [7, 11) is 0. The number of nitrogens with zero attached hydrogens (tertiary/aromatic N) is 5. The lowest BCUT2D eigenvalue weighted by Gasteiger charge is -2.12. The largest absolute Gasteiger partial charge is 0.320 e. The van der Waals surface area contributed by atoms with Crippen molar-refractivity contribution in [3.8, 4) is 11.4 Å². The molecule has 0 aliphatic rings. The average Bonchev–Trinajstić information content (AvgIpc) is 3.41. The summed E-state index contributed by atoms with van der Waals surface area (Å²) in [5.74, 6) is 0.0454. The Balaban J connectivity index is 1.47. The third-order valence-electron chi connectivity index (χ3n) is 4.47. The van der Waals surface area contributed by atoms with Crippen LogP contribution in [0.4, 0.5) is 14.5 Å². The Hall–Kier alpha value is -3.18. The van der Waals surface area contributed by atoms with Gasteiger partial charge < -0.3 is 9.88 Å². The highest BCUT2D eigenvalue weighted by Crippen LogP contribution is 2.29. The highest BCUT2D eigenvalue weighted by molar-refractivity contribution is 7.98. The number of hydrogen-bond acceptors (Lipinski definition) is 7. The highest BCUT2D eigenvalue weighted by atomic mass is 32.2. The maximum absolute atomic E-state index is 14.3. The van der Waals surface area contributed by atoms with Crippen LogP contribution in [0.15, 0.2) is 53.7 Å². The first-order chi connectivity index (χ1) is 15.9. The summed E-state index contributed by atoms with van der Waals surface area (Å²) in [6, 6.07) is 12.0. The van der Waals surface area contributed by atoms with Crippen molar-refractivity contribution < 1.29 is 13.6 Å². The number of anilines is 1. The molecule has 0 saturated heterocycles. The van der Waals surface area contributed by atoms with Gasteiger partial charge in [-0.25, -0.2) is 8.78 Å². The molecule has 0 atom stereocenters. The number of rotatable bonds is 8. The molecule has 0 fully saturated rings. The summed E-state index contributed by atoms with van der Waals surface area (Å²) >= 11 is 2.56. The molecular weight excluding hydrogens is 466 g/mol. The number of carbonyl (C=O) groups excluding carboxylic acids is 1. The molecule has 0 radical (unpaired) electrons. The summed E-state index contributed by atoms with van der Waals surface area (Å²) in [4.78, 5) is 12.4. The summed E-state index contributed by atoms with van der Waals surface area (Å²) < 4.78 is 29.3. The van der Waals surface area contributed by atoms with Crippen LogP contribution in [0.25, 0.3) is 11.4 Å². The van der Waals surface area contributed by atoms with Crippen molar-refractivity contribution in [2.24, 2.45) is 5.92 Å². The molecule has 0 bridgehead atoms. The molecular formula is C22H20F2N6OS2. The van der Waals surface area contributed by atoms with Gasteiger partial charge in [-0.05, 0) is 42.3 Å². The van der Waals surface area contributed by atoms with Crippen molar-refractivity contribution in [1.82, 2.24) is 25.0 Å². The summed E-state index contributed by atoms with van der Waals surface area (Å²) in [5.41, 5.74) is 0.864. The maximum atomic E-state index is 14.3. The van der Waals surface area contributed by atoms with Crippen molar-refractivity contribution in [1.29, 1.82) is 0 Å². The van der Waals surface area contributed by atoms with Gasteiger partial charge in [-0.15, -0.1) is 20.4 Å². The summed E-state index contributed by atoms with van der Waals surface area (Å²) in [5, 5.41) is 20.7. The number of nitrogens with one attached hydrogen (secondary N) is 1. The molecule has 1 N–H and O–H groups in total. The zero-order valence-electron chi connectivity index (χ0n) is 17.8. The van der Waals surface area contributed by atoms with Gasteiger partial charge >= 0.3 is 0 Å². The molecule has 2 aromatic carbocycles. The average molecular weight is 487 g/mol. The molecule has 2 heterocycles. The van der Waals surface area contributed by atoms with E-state index in [0.717, 1.165) is 11.3 Å². The van der Waals surface area contributed by atoms with Gasteiger partial charge in [0.15, 0.2) is 11.0 Å². The Morgan fingerprint density at radius 2 is 1.82 bits per heavy atom. The second-order valence-corrected chi connectivity index (χ2v) is 9.55. The summed E-state index contributed by atoms with van der Waals surface area (Å²) in [6.45, 7) is 4.76. The smallest absolute Gasteiger partial charge is 0.286 e. The summed E-state index contributed by atoms with van der Waals surface area (Å²) in [6.07, 6.45) is 0. The molecule has 0 aliphatic carbocycles. The minimum absolute atomic E-state index is 0.200. The lowest BCUT2D eigenvalue weighted by molar-refractivity contribution is 0.102. The number of benzene rings is 2. The van der Waals surface area contributed by atoms with E-state index in [9.17, 15) is 13.6 Å². The fourth-order valence-corrected chi connectivity index (χ4v) is 4.68. The van der Waals surface area contributed by atoms with E-state index in [1.54, 1.807) is 18.2 Å².